The number of carbonyl (C=O) groups excluding carboxylic acids is 1. The number of aromatic nitrogens is 1. The summed E-state index contributed by atoms with van der Waals surface area (Å²) in [6, 6.07) is 8.16. The minimum absolute atomic E-state index is 0. The largest absolute Gasteiger partial charge is 0.383 e. The number of nitrogens with one attached hydrogen (secondary N) is 2. The van der Waals surface area contributed by atoms with Crippen LogP contribution in [0.15, 0.2) is 24.3 Å². The summed E-state index contributed by atoms with van der Waals surface area (Å²) in [6.07, 6.45) is 0.753. The Kier molecular flexibility index (Phi) is 11.1. The molecule has 1 unspecified atom stereocenters. The van der Waals surface area contributed by atoms with Crippen LogP contribution >= 0.6 is 36.2 Å². The van der Waals surface area contributed by atoms with E-state index in [0.29, 0.717) is 19.7 Å². The van der Waals surface area contributed by atoms with Crippen molar-refractivity contribution in [2.45, 2.75) is 19.4 Å². The molecule has 0 bridgehead atoms. The molecule has 0 spiro atoms. The van der Waals surface area contributed by atoms with Crippen molar-refractivity contribution in [1.29, 1.82) is 0 Å². The number of ether oxygens (including phenoxy) is 1. The van der Waals surface area contributed by atoms with Crippen molar-refractivity contribution in [3.8, 4) is 0 Å². The van der Waals surface area contributed by atoms with Gasteiger partial charge in [-0.2, -0.15) is 0 Å². The third-order valence-electron chi connectivity index (χ3n) is 2.99. The number of methoxy groups -OCH3 is 1. The molecule has 0 saturated heterocycles. The average molecular weight is 380 g/mol. The van der Waals surface area contributed by atoms with E-state index in [1.807, 2.05) is 25.1 Å². The van der Waals surface area contributed by atoms with Crippen LogP contribution in [0.2, 0.25) is 0 Å². The van der Waals surface area contributed by atoms with Crippen molar-refractivity contribution in [3.05, 3.63) is 29.3 Å². The number of benzene rings is 1. The van der Waals surface area contributed by atoms with E-state index in [2.05, 4.69) is 21.7 Å². The standard InChI is InChI=1S/C15H21N3O2S.2ClH/c1-11(17-14(19)10-16-7-8-20-2)9-15-18-12-5-3-4-6-13(12)21-15;;/h3-6,11,16H,7-10H2,1-2H3,(H,17,19);2*1H. The molecule has 0 aliphatic heterocycles. The lowest BCUT2D eigenvalue weighted by atomic mass is 10.2. The fourth-order valence-corrected chi connectivity index (χ4v) is 3.12. The maximum Gasteiger partial charge on any atom is 0.234 e. The fourth-order valence-electron chi connectivity index (χ4n) is 2.02. The molecule has 1 atom stereocenters. The zero-order valence-corrected chi connectivity index (χ0v) is 15.7. The molecule has 23 heavy (non-hydrogen) atoms. The van der Waals surface area contributed by atoms with E-state index in [1.165, 1.54) is 4.70 Å². The van der Waals surface area contributed by atoms with Crippen molar-refractivity contribution in [2.24, 2.45) is 0 Å². The Morgan fingerprint density at radius 3 is 2.78 bits per heavy atom. The predicted octanol–water partition coefficient (Wildman–Crippen LogP) is 2.42. The number of thiazole rings is 1. The Hall–Kier alpha value is -0.920. The van der Waals surface area contributed by atoms with Crippen LogP contribution in [0.25, 0.3) is 10.2 Å². The van der Waals surface area contributed by atoms with Crippen molar-refractivity contribution < 1.29 is 9.53 Å². The van der Waals surface area contributed by atoms with Crippen LogP contribution in [0.5, 0.6) is 0 Å². The van der Waals surface area contributed by atoms with Gasteiger partial charge in [0.2, 0.25) is 5.91 Å². The number of nitrogens with zero attached hydrogens (tertiary/aromatic N) is 1. The van der Waals surface area contributed by atoms with Gasteiger partial charge < -0.3 is 15.4 Å². The highest BCUT2D eigenvalue weighted by molar-refractivity contribution is 7.18. The van der Waals surface area contributed by atoms with Gasteiger partial charge in [-0.1, -0.05) is 12.1 Å². The van der Waals surface area contributed by atoms with Gasteiger partial charge in [-0.3, -0.25) is 4.79 Å². The van der Waals surface area contributed by atoms with Crippen molar-refractivity contribution in [2.75, 3.05) is 26.8 Å². The van der Waals surface area contributed by atoms with E-state index in [4.69, 9.17) is 4.74 Å². The third-order valence-corrected chi connectivity index (χ3v) is 4.05. The minimum atomic E-state index is -0.000265. The highest BCUT2D eigenvalue weighted by atomic mass is 35.5. The quantitative estimate of drug-likeness (QED) is 0.691. The van der Waals surface area contributed by atoms with Gasteiger partial charge in [-0.25, -0.2) is 4.98 Å². The normalized spacial score (nSPS) is 11.4. The summed E-state index contributed by atoms with van der Waals surface area (Å²) in [5, 5.41) is 7.05. The molecule has 0 saturated carbocycles. The van der Waals surface area contributed by atoms with Gasteiger partial charge in [0.1, 0.15) is 0 Å². The summed E-state index contributed by atoms with van der Waals surface area (Å²) in [5.74, 6) is -0.000265. The molecule has 2 rings (SSSR count). The number of halogens is 2. The van der Waals surface area contributed by atoms with Gasteiger partial charge in [0.05, 0.1) is 28.4 Å². The summed E-state index contributed by atoms with van der Waals surface area (Å²) >= 11 is 1.68. The van der Waals surface area contributed by atoms with E-state index >= 15 is 0 Å². The van der Waals surface area contributed by atoms with E-state index in [-0.39, 0.29) is 36.8 Å². The summed E-state index contributed by atoms with van der Waals surface area (Å²) in [6.45, 7) is 3.59. The number of hydrogen-bond donors (Lipinski definition) is 2. The smallest absolute Gasteiger partial charge is 0.234 e. The Morgan fingerprint density at radius 1 is 1.35 bits per heavy atom. The fraction of sp³-hybridized carbons (Fsp3) is 0.467. The van der Waals surface area contributed by atoms with Gasteiger partial charge in [-0.15, -0.1) is 36.2 Å². The Bertz CT molecular complexity index is 562. The maximum atomic E-state index is 11.7. The third kappa shape index (κ3) is 7.46. The molecule has 1 aromatic heterocycles. The summed E-state index contributed by atoms with van der Waals surface area (Å²) in [5.41, 5.74) is 1.03. The molecule has 5 nitrogen and oxygen atoms in total. The molecule has 2 aromatic rings. The van der Waals surface area contributed by atoms with Crippen molar-refractivity contribution >= 4 is 52.3 Å². The molecular formula is C15H23Cl2N3O2S. The SMILES string of the molecule is COCCNCC(=O)NC(C)Cc1nc2ccccc2s1.Cl.Cl. The van der Waals surface area contributed by atoms with Gasteiger partial charge in [0, 0.05) is 26.1 Å². The monoisotopic (exact) mass is 379 g/mol. The molecular weight excluding hydrogens is 357 g/mol. The number of rotatable bonds is 8. The van der Waals surface area contributed by atoms with Crippen molar-refractivity contribution in [1.82, 2.24) is 15.6 Å². The first kappa shape index (κ1) is 22.1. The van der Waals surface area contributed by atoms with Crippen LogP contribution in [0, 0.1) is 0 Å². The molecule has 8 heteroatoms. The molecule has 2 N–H and O–H groups in total. The van der Waals surface area contributed by atoms with Crippen LogP contribution in [0.3, 0.4) is 0 Å². The van der Waals surface area contributed by atoms with Gasteiger partial charge in [-0.05, 0) is 19.1 Å². The first-order valence-electron chi connectivity index (χ1n) is 7.02. The lowest BCUT2D eigenvalue weighted by Gasteiger charge is -2.12. The maximum absolute atomic E-state index is 11.7. The molecule has 130 valence electrons. The summed E-state index contributed by atoms with van der Waals surface area (Å²) in [4.78, 5) is 16.3. The second kappa shape index (κ2) is 11.6. The van der Waals surface area contributed by atoms with Crippen LogP contribution in [0.1, 0.15) is 11.9 Å². The van der Waals surface area contributed by atoms with Crippen molar-refractivity contribution in [3.63, 3.8) is 0 Å². The molecule has 1 aromatic carbocycles. The summed E-state index contributed by atoms with van der Waals surface area (Å²) in [7, 11) is 1.64. The topological polar surface area (TPSA) is 63.2 Å². The number of carbonyl (C=O) groups is 1. The highest BCUT2D eigenvalue weighted by Gasteiger charge is 2.11. The molecule has 0 radical (unpaired) electrons. The number of fused-ring (bicyclic) bond motifs is 1. The van der Waals surface area contributed by atoms with Gasteiger partial charge in [0.15, 0.2) is 0 Å². The zero-order valence-electron chi connectivity index (χ0n) is 13.2. The average Bonchev–Trinajstić information content (AvgIpc) is 2.85. The second-order valence-electron chi connectivity index (χ2n) is 4.92. The molecule has 0 fully saturated rings. The van der Waals surface area contributed by atoms with Crippen LogP contribution in [-0.2, 0) is 16.0 Å². The van der Waals surface area contributed by atoms with E-state index in [0.717, 1.165) is 16.9 Å². The van der Waals surface area contributed by atoms with Crippen LogP contribution < -0.4 is 10.6 Å². The first-order valence-corrected chi connectivity index (χ1v) is 7.84. The van der Waals surface area contributed by atoms with Crippen LogP contribution in [-0.4, -0.2) is 43.7 Å². The zero-order chi connectivity index (χ0) is 15.1. The second-order valence-corrected chi connectivity index (χ2v) is 6.03. The highest BCUT2D eigenvalue weighted by Crippen LogP contribution is 2.22. The molecule has 1 heterocycles. The first-order chi connectivity index (χ1) is 10.2. The molecule has 0 aliphatic rings. The number of hydrogen-bond acceptors (Lipinski definition) is 5. The summed E-state index contributed by atoms with van der Waals surface area (Å²) < 4.78 is 6.10. The van der Waals surface area contributed by atoms with E-state index < -0.39 is 0 Å². The minimum Gasteiger partial charge on any atom is -0.383 e. The molecule has 0 aliphatic carbocycles. The van der Waals surface area contributed by atoms with E-state index in [9.17, 15) is 4.79 Å². The van der Waals surface area contributed by atoms with E-state index in [1.54, 1.807) is 18.4 Å². The Labute approximate surface area is 153 Å². The number of para-hydroxylation sites is 1. The number of amides is 1. The molecule has 1 amide bonds. The lowest BCUT2D eigenvalue weighted by molar-refractivity contribution is -0.120. The van der Waals surface area contributed by atoms with Gasteiger partial charge >= 0.3 is 0 Å². The lowest BCUT2D eigenvalue weighted by Crippen LogP contribution is -2.40. The Balaban J connectivity index is 0.00000242. The van der Waals surface area contributed by atoms with Gasteiger partial charge in [0.25, 0.3) is 0 Å². The van der Waals surface area contributed by atoms with Crippen LogP contribution in [0.4, 0.5) is 0 Å². The predicted molar refractivity (Wildman–Crippen MR) is 100 cm³/mol. The Morgan fingerprint density at radius 2 is 2.09 bits per heavy atom.